The van der Waals surface area contributed by atoms with E-state index in [1.54, 1.807) is 0 Å². The van der Waals surface area contributed by atoms with E-state index in [9.17, 15) is 0 Å². The summed E-state index contributed by atoms with van der Waals surface area (Å²) in [4.78, 5) is 0. The van der Waals surface area contributed by atoms with Crippen LogP contribution >= 0.6 is 0 Å². The van der Waals surface area contributed by atoms with Gasteiger partial charge in [-0.1, -0.05) is 146 Å². The van der Waals surface area contributed by atoms with Gasteiger partial charge in [0, 0.05) is 29.2 Å². The third kappa shape index (κ3) is 4.85. The number of anilines is 3. The number of para-hydroxylation sites is 2. The third-order valence-electron chi connectivity index (χ3n) is 9.17. The molecule has 0 saturated carbocycles. The molecule has 1 aliphatic carbocycles. The van der Waals surface area contributed by atoms with Gasteiger partial charge >= 0.3 is 0 Å². The van der Waals surface area contributed by atoms with Crippen LogP contribution in [0.2, 0.25) is 0 Å². The highest BCUT2D eigenvalue weighted by Crippen LogP contribution is 2.56. The molecule has 7 aromatic carbocycles. The second kappa shape index (κ2) is 11.9. The van der Waals surface area contributed by atoms with Crippen molar-refractivity contribution in [2.24, 2.45) is 0 Å². The van der Waals surface area contributed by atoms with Gasteiger partial charge in [0.05, 0.1) is 5.41 Å². The van der Waals surface area contributed by atoms with Crippen LogP contribution in [0.3, 0.4) is 0 Å². The first-order valence-electron chi connectivity index (χ1n) is 15.9. The van der Waals surface area contributed by atoms with Crippen molar-refractivity contribution in [2.75, 3.05) is 10.6 Å². The molecule has 46 heavy (non-hydrogen) atoms. The normalized spacial score (nSPS) is 12.6. The van der Waals surface area contributed by atoms with Gasteiger partial charge in [0.2, 0.25) is 0 Å². The van der Waals surface area contributed by atoms with Crippen molar-refractivity contribution in [1.82, 2.24) is 0 Å². The Morgan fingerprint density at radius 1 is 0.413 bits per heavy atom. The number of benzene rings is 7. The van der Waals surface area contributed by atoms with Crippen LogP contribution in [-0.4, -0.2) is 0 Å². The average molecular weight is 591 g/mol. The number of hydrogen-bond donors (Lipinski definition) is 2. The molecule has 0 fully saturated rings. The average Bonchev–Trinajstić information content (AvgIpc) is 3.43. The summed E-state index contributed by atoms with van der Waals surface area (Å²) in [5.74, 6) is 0. The van der Waals surface area contributed by atoms with E-state index < -0.39 is 5.41 Å². The number of fused-ring (bicyclic) bond motifs is 3. The van der Waals surface area contributed by atoms with Gasteiger partial charge in [0.15, 0.2) is 0 Å². The Morgan fingerprint density at radius 2 is 1.00 bits per heavy atom. The lowest BCUT2D eigenvalue weighted by molar-refractivity contribution is 0.769. The van der Waals surface area contributed by atoms with Crippen molar-refractivity contribution >= 4 is 17.1 Å². The molecule has 2 nitrogen and oxygen atoms in total. The number of rotatable bonds is 8. The first kappa shape index (κ1) is 27.7. The Hall–Kier alpha value is -5.86. The van der Waals surface area contributed by atoms with Crippen LogP contribution in [0.15, 0.2) is 182 Å². The summed E-state index contributed by atoms with van der Waals surface area (Å²) < 4.78 is 0. The van der Waals surface area contributed by atoms with Crippen molar-refractivity contribution < 1.29 is 0 Å². The van der Waals surface area contributed by atoms with E-state index in [4.69, 9.17) is 0 Å². The van der Waals surface area contributed by atoms with Gasteiger partial charge in [-0.2, -0.15) is 0 Å². The molecule has 0 aliphatic heterocycles. The fourth-order valence-electron chi connectivity index (χ4n) is 7.13. The van der Waals surface area contributed by atoms with Gasteiger partial charge in [-0.3, -0.25) is 0 Å². The van der Waals surface area contributed by atoms with Crippen LogP contribution in [0, 0.1) is 0 Å². The Kier molecular flexibility index (Phi) is 7.16. The van der Waals surface area contributed by atoms with Crippen molar-refractivity contribution in [3.8, 4) is 22.3 Å². The fraction of sp³-hybridized carbons (Fsp3) is 0.0455. The predicted octanol–water partition coefficient (Wildman–Crippen LogP) is 11.1. The zero-order valence-electron chi connectivity index (χ0n) is 25.5. The molecule has 0 radical (unpaired) electrons. The molecule has 7 aromatic rings. The SMILES string of the molecule is c1ccc(NCc2cccc(Nc3ccccc3-c3ccc4c(c3)C(c3ccccc3)(c3ccccc3)c3ccccc3-4)c2)cc1. The molecule has 0 aromatic heterocycles. The third-order valence-corrected chi connectivity index (χ3v) is 9.17. The summed E-state index contributed by atoms with van der Waals surface area (Å²) in [7, 11) is 0. The molecule has 0 bridgehead atoms. The van der Waals surface area contributed by atoms with Gasteiger partial charge in [-0.15, -0.1) is 0 Å². The minimum Gasteiger partial charge on any atom is -0.381 e. The Labute approximate surface area is 271 Å². The first-order chi connectivity index (χ1) is 22.8. The molecular formula is C44H34N2. The van der Waals surface area contributed by atoms with E-state index >= 15 is 0 Å². The summed E-state index contributed by atoms with van der Waals surface area (Å²) in [6, 6.07) is 65.5. The molecule has 2 N–H and O–H groups in total. The molecule has 1 aliphatic rings. The highest BCUT2D eigenvalue weighted by Gasteiger charge is 2.46. The second-order valence-electron chi connectivity index (χ2n) is 11.9. The largest absolute Gasteiger partial charge is 0.381 e. The zero-order valence-corrected chi connectivity index (χ0v) is 25.5. The van der Waals surface area contributed by atoms with Crippen molar-refractivity contribution in [3.05, 3.63) is 210 Å². The van der Waals surface area contributed by atoms with Crippen molar-refractivity contribution in [3.63, 3.8) is 0 Å². The molecule has 8 rings (SSSR count). The molecular weight excluding hydrogens is 556 g/mol. The van der Waals surface area contributed by atoms with E-state index in [1.807, 2.05) is 6.07 Å². The molecule has 0 unspecified atom stereocenters. The highest BCUT2D eigenvalue weighted by molar-refractivity contribution is 5.90. The minimum atomic E-state index is -0.424. The lowest BCUT2D eigenvalue weighted by Crippen LogP contribution is -2.28. The van der Waals surface area contributed by atoms with E-state index in [0.717, 1.165) is 23.6 Å². The van der Waals surface area contributed by atoms with E-state index in [1.165, 1.54) is 50.1 Å². The topological polar surface area (TPSA) is 24.1 Å². The van der Waals surface area contributed by atoms with Gasteiger partial charge in [-0.25, -0.2) is 0 Å². The predicted molar refractivity (Wildman–Crippen MR) is 193 cm³/mol. The maximum atomic E-state index is 3.75. The lowest BCUT2D eigenvalue weighted by atomic mass is 9.67. The van der Waals surface area contributed by atoms with Gasteiger partial charge in [-0.05, 0) is 80.9 Å². The van der Waals surface area contributed by atoms with E-state index in [0.29, 0.717) is 0 Å². The van der Waals surface area contributed by atoms with Gasteiger partial charge in [0.25, 0.3) is 0 Å². The standard InChI is InChI=1S/C44H34N2/c1-4-16-34(17-5-1)44(35-18-6-2-7-19-35)41-25-12-10-24-39(41)40-28-27-33(30-42(40)44)38-23-11-13-26-43(38)46-37-22-14-15-32(29-37)31-45-36-20-8-3-9-21-36/h1-30,45-46H,31H2. The summed E-state index contributed by atoms with van der Waals surface area (Å²) in [5.41, 5.74) is 14.2. The van der Waals surface area contributed by atoms with Crippen LogP contribution in [0.5, 0.6) is 0 Å². The van der Waals surface area contributed by atoms with Crippen molar-refractivity contribution in [2.45, 2.75) is 12.0 Å². The summed E-state index contributed by atoms with van der Waals surface area (Å²) in [6.07, 6.45) is 0. The zero-order chi connectivity index (χ0) is 30.8. The van der Waals surface area contributed by atoms with Gasteiger partial charge in [0.1, 0.15) is 0 Å². The van der Waals surface area contributed by atoms with E-state index in [-0.39, 0.29) is 0 Å². The van der Waals surface area contributed by atoms with Crippen LogP contribution in [0.4, 0.5) is 17.1 Å². The Bertz CT molecular complexity index is 2080. The molecule has 0 atom stereocenters. The lowest BCUT2D eigenvalue weighted by Gasteiger charge is -2.34. The van der Waals surface area contributed by atoms with E-state index in [2.05, 4.69) is 187 Å². The Balaban J connectivity index is 1.21. The van der Waals surface area contributed by atoms with Crippen molar-refractivity contribution in [1.29, 1.82) is 0 Å². The fourth-order valence-corrected chi connectivity index (χ4v) is 7.13. The van der Waals surface area contributed by atoms with Crippen LogP contribution < -0.4 is 10.6 Å². The van der Waals surface area contributed by atoms with Gasteiger partial charge < -0.3 is 10.6 Å². The molecule has 2 heteroatoms. The highest BCUT2D eigenvalue weighted by atomic mass is 14.9. The number of hydrogen-bond acceptors (Lipinski definition) is 2. The summed E-state index contributed by atoms with van der Waals surface area (Å²) in [6.45, 7) is 0.758. The molecule has 220 valence electrons. The maximum Gasteiger partial charge on any atom is 0.0713 e. The molecule has 0 amide bonds. The Morgan fingerprint density at radius 3 is 1.74 bits per heavy atom. The summed E-state index contributed by atoms with van der Waals surface area (Å²) >= 11 is 0. The smallest absolute Gasteiger partial charge is 0.0713 e. The maximum absolute atomic E-state index is 3.75. The molecule has 0 saturated heterocycles. The van der Waals surface area contributed by atoms with Crippen LogP contribution in [0.25, 0.3) is 22.3 Å². The monoisotopic (exact) mass is 590 g/mol. The molecule has 0 heterocycles. The quantitative estimate of drug-likeness (QED) is 0.184. The molecule has 0 spiro atoms. The summed E-state index contributed by atoms with van der Waals surface area (Å²) in [5, 5.41) is 7.28. The van der Waals surface area contributed by atoms with Crippen LogP contribution in [-0.2, 0) is 12.0 Å². The second-order valence-corrected chi connectivity index (χ2v) is 11.9. The minimum absolute atomic E-state index is 0.424. The number of nitrogens with one attached hydrogen (secondary N) is 2. The first-order valence-corrected chi connectivity index (χ1v) is 15.9. The van der Waals surface area contributed by atoms with Crippen LogP contribution in [0.1, 0.15) is 27.8 Å².